The molecule has 29 heavy (non-hydrogen) atoms. The molecule has 1 N–H and O–H groups in total. The van der Waals surface area contributed by atoms with E-state index >= 15 is 0 Å². The molecule has 0 fully saturated rings. The summed E-state index contributed by atoms with van der Waals surface area (Å²) in [7, 11) is 1.62. The van der Waals surface area contributed by atoms with Gasteiger partial charge in [-0.15, -0.1) is 0 Å². The molecule has 0 unspecified atom stereocenters. The first-order chi connectivity index (χ1) is 14.1. The molecule has 0 spiro atoms. The Hall–Kier alpha value is -2.08. The van der Waals surface area contributed by atoms with Gasteiger partial charge in [0.05, 0.1) is 7.11 Å². The fraction of sp³-hybridized carbons (Fsp3) is 0.217. The highest BCUT2D eigenvalue weighted by Gasteiger charge is 2.15. The molecule has 0 radical (unpaired) electrons. The van der Waals surface area contributed by atoms with Crippen molar-refractivity contribution >= 4 is 27.5 Å². The van der Waals surface area contributed by atoms with E-state index in [1.807, 2.05) is 36.4 Å². The van der Waals surface area contributed by atoms with Gasteiger partial charge in [0.25, 0.3) is 0 Å². The third-order valence-electron chi connectivity index (χ3n) is 4.52. The highest BCUT2D eigenvalue weighted by atomic mass is 79.9. The molecule has 0 amide bonds. The van der Waals surface area contributed by atoms with Gasteiger partial charge in [0.15, 0.2) is 11.5 Å². The normalized spacial score (nSPS) is 10.8. The van der Waals surface area contributed by atoms with E-state index < -0.39 is 0 Å². The van der Waals surface area contributed by atoms with Gasteiger partial charge >= 0.3 is 0 Å². The van der Waals surface area contributed by atoms with Crippen LogP contribution in [-0.2, 0) is 19.6 Å². The summed E-state index contributed by atoms with van der Waals surface area (Å²) in [5, 5.41) is 4.09. The van der Waals surface area contributed by atoms with Crippen LogP contribution in [0.2, 0.25) is 5.02 Å². The second-order valence-electron chi connectivity index (χ2n) is 6.49. The Morgan fingerprint density at radius 2 is 1.79 bits per heavy atom. The maximum atomic E-state index is 13.0. The molecule has 0 saturated carbocycles. The summed E-state index contributed by atoms with van der Waals surface area (Å²) >= 11 is 9.86. The number of halogens is 3. The lowest BCUT2D eigenvalue weighted by Crippen LogP contribution is -2.18. The van der Waals surface area contributed by atoms with Gasteiger partial charge in [-0.05, 0) is 48.9 Å². The van der Waals surface area contributed by atoms with Crippen LogP contribution in [0.5, 0.6) is 11.5 Å². The zero-order valence-corrected chi connectivity index (χ0v) is 18.4. The molecule has 3 aromatic carbocycles. The summed E-state index contributed by atoms with van der Waals surface area (Å²) in [4.78, 5) is 0. The number of methoxy groups -OCH3 is 1. The molecule has 0 aliphatic carbocycles. The van der Waals surface area contributed by atoms with Gasteiger partial charge < -0.3 is 14.8 Å². The van der Waals surface area contributed by atoms with Crippen molar-refractivity contribution in [3.05, 3.63) is 92.7 Å². The molecule has 0 heterocycles. The summed E-state index contributed by atoms with van der Waals surface area (Å²) in [6, 6.07) is 18.0. The maximum Gasteiger partial charge on any atom is 0.167 e. The fourth-order valence-corrected chi connectivity index (χ4v) is 3.57. The van der Waals surface area contributed by atoms with Crippen LogP contribution in [-0.4, -0.2) is 13.7 Å². The van der Waals surface area contributed by atoms with Crippen LogP contribution in [0.15, 0.2) is 65.1 Å². The lowest BCUT2D eigenvalue weighted by atomic mass is 10.1. The zero-order chi connectivity index (χ0) is 20.6. The van der Waals surface area contributed by atoms with Crippen LogP contribution >= 0.6 is 27.5 Å². The smallest absolute Gasteiger partial charge is 0.167 e. The molecule has 152 valence electrons. The Kier molecular flexibility index (Phi) is 7.92. The molecule has 3 aromatic rings. The third kappa shape index (κ3) is 5.95. The molecule has 0 saturated heterocycles. The van der Waals surface area contributed by atoms with Gasteiger partial charge in [-0.2, -0.15) is 0 Å². The van der Waals surface area contributed by atoms with Crippen molar-refractivity contribution in [2.24, 2.45) is 0 Å². The first-order valence-electron chi connectivity index (χ1n) is 9.25. The molecule has 0 aliphatic rings. The minimum atomic E-state index is -0.220. The highest BCUT2D eigenvalue weighted by Crippen LogP contribution is 2.37. The second-order valence-corrected chi connectivity index (χ2v) is 7.75. The predicted molar refractivity (Wildman–Crippen MR) is 118 cm³/mol. The monoisotopic (exact) mass is 477 g/mol. The third-order valence-corrected chi connectivity index (χ3v) is 5.63. The minimum absolute atomic E-state index is 0.220. The number of ether oxygens (including phenoxy) is 2. The number of hydrogen-bond acceptors (Lipinski definition) is 3. The number of benzene rings is 3. The summed E-state index contributed by atoms with van der Waals surface area (Å²) in [6.07, 6.45) is 0.803. The van der Waals surface area contributed by atoms with Crippen molar-refractivity contribution in [1.29, 1.82) is 0 Å². The first kappa shape index (κ1) is 21.6. The highest BCUT2D eigenvalue weighted by molar-refractivity contribution is 9.10. The molecular formula is C23H22BrClFNO2. The fourth-order valence-electron chi connectivity index (χ4n) is 2.93. The van der Waals surface area contributed by atoms with Crippen molar-refractivity contribution < 1.29 is 13.9 Å². The van der Waals surface area contributed by atoms with Gasteiger partial charge in [-0.25, -0.2) is 4.39 Å². The quantitative estimate of drug-likeness (QED) is 0.374. The average Bonchev–Trinajstić information content (AvgIpc) is 2.73. The van der Waals surface area contributed by atoms with Crippen LogP contribution in [0.4, 0.5) is 4.39 Å². The number of hydrogen-bond donors (Lipinski definition) is 1. The van der Waals surface area contributed by atoms with E-state index in [0.29, 0.717) is 29.7 Å². The van der Waals surface area contributed by atoms with Crippen molar-refractivity contribution in [2.45, 2.75) is 19.6 Å². The van der Waals surface area contributed by atoms with E-state index in [4.69, 9.17) is 21.1 Å². The van der Waals surface area contributed by atoms with E-state index in [0.717, 1.165) is 34.1 Å². The Labute approximate surface area is 183 Å². The van der Waals surface area contributed by atoms with Gasteiger partial charge in [-0.3, -0.25) is 0 Å². The number of nitrogens with one attached hydrogen (secondary N) is 1. The molecule has 0 aliphatic heterocycles. The summed E-state index contributed by atoms with van der Waals surface area (Å²) in [5.74, 6) is 1.12. The van der Waals surface area contributed by atoms with Gasteiger partial charge in [-0.1, -0.05) is 57.9 Å². The van der Waals surface area contributed by atoms with E-state index in [-0.39, 0.29) is 5.82 Å². The Balaban J connectivity index is 1.68. The molecule has 0 atom stereocenters. The topological polar surface area (TPSA) is 30.5 Å². The van der Waals surface area contributed by atoms with E-state index in [1.54, 1.807) is 19.2 Å². The first-order valence-corrected chi connectivity index (χ1v) is 10.4. The molecule has 3 nitrogen and oxygen atoms in total. The second kappa shape index (κ2) is 10.6. The van der Waals surface area contributed by atoms with E-state index in [2.05, 4.69) is 21.2 Å². The van der Waals surface area contributed by atoms with Crippen molar-refractivity contribution in [3.63, 3.8) is 0 Å². The lowest BCUT2D eigenvalue weighted by Gasteiger charge is -2.17. The Morgan fingerprint density at radius 3 is 2.52 bits per heavy atom. The molecular weight excluding hydrogens is 457 g/mol. The molecule has 6 heteroatoms. The van der Waals surface area contributed by atoms with Crippen LogP contribution in [0.25, 0.3) is 0 Å². The SMILES string of the molecule is COc1ccc(Br)c(CNCCc2ccc(F)cc2)c1OCc1ccccc1Cl. The van der Waals surface area contributed by atoms with E-state index in [1.165, 1.54) is 12.1 Å². The summed E-state index contributed by atoms with van der Waals surface area (Å²) in [6.45, 7) is 1.69. The largest absolute Gasteiger partial charge is 0.493 e. The van der Waals surface area contributed by atoms with E-state index in [9.17, 15) is 4.39 Å². The Morgan fingerprint density at radius 1 is 1.03 bits per heavy atom. The summed E-state index contributed by atoms with van der Waals surface area (Å²) < 4.78 is 25.6. The molecule has 0 aromatic heterocycles. The van der Waals surface area contributed by atoms with Crippen molar-refractivity contribution in [2.75, 3.05) is 13.7 Å². The molecule has 3 rings (SSSR count). The average molecular weight is 479 g/mol. The summed E-state index contributed by atoms with van der Waals surface area (Å²) in [5.41, 5.74) is 2.96. The maximum absolute atomic E-state index is 13.0. The van der Waals surface area contributed by atoms with Crippen LogP contribution in [0.1, 0.15) is 16.7 Å². The van der Waals surface area contributed by atoms with Gasteiger partial charge in [0.1, 0.15) is 12.4 Å². The van der Waals surface area contributed by atoms with Crippen LogP contribution in [0.3, 0.4) is 0 Å². The van der Waals surface area contributed by atoms with Crippen LogP contribution in [0, 0.1) is 5.82 Å². The van der Waals surface area contributed by atoms with Crippen LogP contribution < -0.4 is 14.8 Å². The van der Waals surface area contributed by atoms with Gasteiger partial charge in [0.2, 0.25) is 0 Å². The Bertz CT molecular complexity index is 950. The standard InChI is InChI=1S/C23H22BrClFNO2/c1-28-22-11-10-20(24)19(14-27-13-12-16-6-8-18(26)9-7-16)23(22)29-15-17-4-2-3-5-21(17)25/h2-11,27H,12-15H2,1H3. The zero-order valence-electron chi connectivity index (χ0n) is 16.1. The minimum Gasteiger partial charge on any atom is -0.493 e. The van der Waals surface area contributed by atoms with Crippen molar-refractivity contribution in [1.82, 2.24) is 5.32 Å². The lowest BCUT2D eigenvalue weighted by molar-refractivity contribution is 0.280. The molecule has 0 bridgehead atoms. The predicted octanol–water partition coefficient (Wildman–Crippen LogP) is 6.16. The number of rotatable bonds is 9. The van der Waals surface area contributed by atoms with Gasteiger partial charge in [0, 0.05) is 27.2 Å². The van der Waals surface area contributed by atoms with Crippen molar-refractivity contribution in [3.8, 4) is 11.5 Å².